The van der Waals surface area contributed by atoms with Gasteiger partial charge in [0.2, 0.25) is 0 Å². The van der Waals surface area contributed by atoms with E-state index in [1.807, 2.05) is 0 Å². The van der Waals surface area contributed by atoms with Crippen molar-refractivity contribution in [3.05, 3.63) is 12.2 Å². The second-order valence-corrected chi connectivity index (χ2v) is 5.57. The quantitative estimate of drug-likeness (QED) is 0.580. The van der Waals surface area contributed by atoms with Crippen LogP contribution in [-0.4, -0.2) is 0 Å². The van der Waals surface area contributed by atoms with Gasteiger partial charge in [0.05, 0.1) is 6.07 Å². The summed E-state index contributed by atoms with van der Waals surface area (Å²) in [6.07, 6.45) is 6.56. The highest BCUT2D eigenvalue weighted by molar-refractivity contribution is 5.17. The number of hydrogen-bond donors (Lipinski definition) is 0. The van der Waals surface area contributed by atoms with Crippen LogP contribution in [0.2, 0.25) is 0 Å². The van der Waals surface area contributed by atoms with E-state index in [0.29, 0.717) is 11.3 Å². The fourth-order valence-electron chi connectivity index (χ4n) is 3.55. The molecule has 2 saturated carbocycles. The van der Waals surface area contributed by atoms with Gasteiger partial charge < -0.3 is 0 Å². The summed E-state index contributed by atoms with van der Waals surface area (Å²) in [6.45, 7) is 7.10. The Morgan fingerprint density at radius 3 is 2.71 bits per heavy atom. The molecule has 2 rings (SSSR count). The molecule has 0 amide bonds. The number of rotatable bonds is 1. The van der Waals surface area contributed by atoms with Crippen molar-refractivity contribution >= 4 is 0 Å². The van der Waals surface area contributed by atoms with E-state index in [0.717, 1.165) is 17.8 Å². The molecule has 0 heterocycles. The van der Waals surface area contributed by atoms with Crippen LogP contribution in [0.25, 0.3) is 0 Å². The topological polar surface area (TPSA) is 23.8 Å². The van der Waals surface area contributed by atoms with Crippen LogP contribution in [0, 0.1) is 40.4 Å². The van der Waals surface area contributed by atoms with Crippen molar-refractivity contribution in [3.8, 4) is 6.07 Å². The zero-order valence-electron chi connectivity index (χ0n) is 9.33. The molecule has 2 aliphatic rings. The first-order chi connectivity index (χ1) is 6.59. The Kier molecular flexibility index (Phi) is 2.18. The van der Waals surface area contributed by atoms with Crippen LogP contribution < -0.4 is 0 Å². The minimum atomic E-state index is 0.537. The van der Waals surface area contributed by atoms with Gasteiger partial charge >= 0.3 is 0 Å². The minimum Gasteiger partial charge on any atom is -0.193 e. The van der Waals surface area contributed by atoms with E-state index in [1.165, 1.54) is 12.8 Å². The summed E-state index contributed by atoms with van der Waals surface area (Å²) in [6, 6.07) is 2.12. The normalized spacial score (nSPS) is 44.4. The summed E-state index contributed by atoms with van der Waals surface area (Å²) in [5, 5.41) is 8.58. The molecule has 0 radical (unpaired) electrons. The molecule has 0 bridgehead atoms. The number of nitriles is 1. The highest BCUT2D eigenvalue weighted by atomic mass is 14.7. The summed E-state index contributed by atoms with van der Waals surface area (Å²) in [5.74, 6) is 3.19. The van der Waals surface area contributed by atoms with Crippen LogP contribution in [0.4, 0.5) is 0 Å². The Hall–Kier alpha value is -0.770. The Labute approximate surface area is 86.8 Å². The van der Waals surface area contributed by atoms with Crippen LogP contribution in [0.5, 0.6) is 0 Å². The van der Waals surface area contributed by atoms with E-state index < -0.39 is 0 Å². The van der Waals surface area contributed by atoms with Crippen LogP contribution in [-0.2, 0) is 0 Å². The van der Waals surface area contributed by atoms with Crippen LogP contribution in [0.1, 0.15) is 33.6 Å². The monoisotopic (exact) mass is 189 g/mol. The van der Waals surface area contributed by atoms with Gasteiger partial charge in [0.25, 0.3) is 0 Å². The number of allylic oxidation sites excluding steroid dienone is 2. The number of fused-ring (bicyclic) bond motifs is 1. The molecule has 1 nitrogen and oxygen atoms in total. The fraction of sp³-hybridized carbons (Fsp3) is 0.769. The molecule has 0 aliphatic heterocycles. The molecule has 1 heteroatoms. The van der Waals surface area contributed by atoms with E-state index in [-0.39, 0.29) is 0 Å². The SMILES string of the molecule is C[C@@H]1CCC2[C@@H]([C@H]1C=CC#N)C2(C)C. The van der Waals surface area contributed by atoms with Crippen molar-refractivity contribution in [1.29, 1.82) is 5.26 Å². The second-order valence-electron chi connectivity index (χ2n) is 5.57. The van der Waals surface area contributed by atoms with Gasteiger partial charge in [0.15, 0.2) is 0 Å². The zero-order valence-corrected chi connectivity index (χ0v) is 9.33. The first-order valence-corrected chi connectivity index (χ1v) is 5.65. The lowest BCUT2D eigenvalue weighted by atomic mass is 9.80. The van der Waals surface area contributed by atoms with Gasteiger partial charge in [0.1, 0.15) is 0 Å². The molecule has 4 atom stereocenters. The lowest BCUT2D eigenvalue weighted by molar-refractivity contribution is 0.285. The molecule has 0 spiro atoms. The summed E-state index contributed by atoms with van der Waals surface area (Å²) >= 11 is 0. The highest BCUT2D eigenvalue weighted by Crippen LogP contribution is 2.68. The predicted molar refractivity (Wildman–Crippen MR) is 57.4 cm³/mol. The Morgan fingerprint density at radius 2 is 2.07 bits per heavy atom. The van der Waals surface area contributed by atoms with E-state index in [9.17, 15) is 0 Å². The summed E-state index contributed by atoms with van der Waals surface area (Å²) < 4.78 is 0. The third-order valence-electron chi connectivity index (χ3n) is 4.54. The Bertz CT molecular complexity index is 295. The number of hydrogen-bond acceptors (Lipinski definition) is 1. The first-order valence-electron chi connectivity index (χ1n) is 5.65. The van der Waals surface area contributed by atoms with Gasteiger partial charge in [-0.1, -0.05) is 26.8 Å². The van der Waals surface area contributed by atoms with Crippen molar-refractivity contribution in [2.45, 2.75) is 33.6 Å². The first kappa shape index (κ1) is 9.77. The van der Waals surface area contributed by atoms with E-state index in [4.69, 9.17) is 5.26 Å². The lowest BCUT2D eigenvalue weighted by Gasteiger charge is -2.25. The molecule has 2 aliphatic carbocycles. The molecule has 2 fully saturated rings. The van der Waals surface area contributed by atoms with Crippen molar-refractivity contribution in [2.75, 3.05) is 0 Å². The molecule has 0 aromatic heterocycles. The molecule has 76 valence electrons. The van der Waals surface area contributed by atoms with Crippen LogP contribution in [0.3, 0.4) is 0 Å². The van der Waals surface area contributed by atoms with Crippen LogP contribution >= 0.6 is 0 Å². The Morgan fingerprint density at radius 1 is 1.36 bits per heavy atom. The summed E-state index contributed by atoms with van der Waals surface area (Å²) in [7, 11) is 0. The molecule has 0 saturated heterocycles. The maximum absolute atomic E-state index is 8.58. The molecular formula is C13H19N. The van der Waals surface area contributed by atoms with E-state index in [2.05, 4.69) is 32.9 Å². The second kappa shape index (κ2) is 3.12. The van der Waals surface area contributed by atoms with Gasteiger partial charge in [-0.25, -0.2) is 0 Å². The average molecular weight is 189 g/mol. The third-order valence-corrected chi connectivity index (χ3v) is 4.54. The summed E-state index contributed by atoms with van der Waals surface area (Å²) in [4.78, 5) is 0. The lowest BCUT2D eigenvalue weighted by Crippen LogP contribution is -2.17. The van der Waals surface area contributed by atoms with Gasteiger partial charge in [-0.2, -0.15) is 5.26 Å². The predicted octanol–water partition coefficient (Wildman–Crippen LogP) is 3.38. The average Bonchev–Trinajstić information content (AvgIpc) is 2.68. The minimum absolute atomic E-state index is 0.537. The smallest absolute Gasteiger partial charge is 0.0908 e. The van der Waals surface area contributed by atoms with Crippen LogP contribution in [0.15, 0.2) is 12.2 Å². The van der Waals surface area contributed by atoms with Crippen molar-refractivity contribution in [1.82, 2.24) is 0 Å². The molecule has 0 N–H and O–H groups in total. The van der Waals surface area contributed by atoms with Gasteiger partial charge in [-0.3, -0.25) is 0 Å². The van der Waals surface area contributed by atoms with Crippen molar-refractivity contribution in [2.24, 2.45) is 29.1 Å². The molecule has 1 unspecified atom stereocenters. The van der Waals surface area contributed by atoms with Gasteiger partial charge in [0, 0.05) is 6.08 Å². The summed E-state index contributed by atoms with van der Waals surface area (Å²) in [5.41, 5.74) is 0.537. The molecular weight excluding hydrogens is 170 g/mol. The Balaban J connectivity index is 2.14. The maximum Gasteiger partial charge on any atom is 0.0908 e. The molecule has 14 heavy (non-hydrogen) atoms. The number of nitrogens with zero attached hydrogens (tertiary/aromatic N) is 1. The zero-order chi connectivity index (χ0) is 10.3. The van der Waals surface area contributed by atoms with Gasteiger partial charge in [-0.15, -0.1) is 0 Å². The van der Waals surface area contributed by atoms with Crippen molar-refractivity contribution in [3.63, 3.8) is 0 Å². The van der Waals surface area contributed by atoms with Crippen molar-refractivity contribution < 1.29 is 0 Å². The fourth-order valence-corrected chi connectivity index (χ4v) is 3.55. The maximum atomic E-state index is 8.58. The van der Waals surface area contributed by atoms with E-state index in [1.54, 1.807) is 6.08 Å². The molecule has 0 aromatic carbocycles. The standard InChI is InChI=1S/C13H19N/c1-9-6-7-11-12(13(11,2)3)10(9)5-4-8-14/h4-5,9-12H,6-7H2,1-3H3/t9-,10+,11?,12-/m1/s1. The third kappa shape index (κ3) is 1.29. The molecule has 0 aromatic rings. The van der Waals surface area contributed by atoms with Gasteiger partial charge in [-0.05, 0) is 41.9 Å². The highest BCUT2D eigenvalue weighted by Gasteiger charge is 2.62. The largest absolute Gasteiger partial charge is 0.193 e. The van der Waals surface area contributed by atoms with E-state index >= 15 is 0 Å².